The van der Waals surface area contributed by atoms with E-state index in [9.17, 15) is 79.4 Å². The van der Waals surface area contributed by atoms with E-state index in [0.717, 1.165) is 0 Å². The molecule has 2 unspecified atom stereocenters. The van der Waals surface area contributed by atoms with Crippen molar-refractivity contribution in [2.45, 2.75) is 54.8 Å². The molecular formula is C12H6BrF17O4. The van der Waals surface area contributed by atoms with Gasteiger partial charge in [-0.15, -0.1) is 0 Å². The van der Waals surface area contributed by atoms with Crippen molar-refractivity contribution in [3.05, 3.63) is 0 Å². The molecule has 0 bridgehead atoms. The maximum absolute atomic E-state index is 14.0. The van der Waals surface area contributed by atoms with Crippen molar-refractivity contribution in [3.63, 3.8) is 0 Å². The highest BCUT2D eigenvalue weighted by molar-refractivity contribution is 9.09. The van der Waals surface area contributed by atoms with Gasteiger partial charge in [-0.25, -0.2) is 4.79 Å². The Kier molecular flexibility index (Phi) is 9.24. The van der Waals surface area contributed by atoms with Crippen LogP contribution in [0, 0.1) is 0 Å². The highest BCUT2D eigenvalue weighted by Crippen LogP contribution is 2.56. The van der Waals surface area contributed by atoms with Gasteiger partial charge in [0.15, 0.2) is 0 Å². The van der Waals surface area contributed by atoms with Crippen LogP contribution >= 0.6 is 15.9 Å². The standard InChI is InChI=1S/C12H6BrF17O4/c13-2-1-3-32-4(31)5(14,8(18,19)20)33-12(29,30)7(17,10(24,25)26)34-11(27,28)6(15,16)9(21,22)23/h1-3H2. The lowest BCUT2D eigenvalue weighted by molar-refractivity contribution is -0.548. The van der Waals surface area contributed by atoms with E-state index < -0.39 is 67.4 Å². The van der Waals surface area contributed by atoms with E-state index in [1.165, 1.54) is 4.74 Å². The van der Waals surface area contributed by atoms with Gasteiger partial charge in [-0.1, -0.05) is 15.9 Å². The molecule has 0 spiro atoms. The number of hydrogen-bond acceptors (Lipinski definition) is 4. The number of carbonyl (C=O) groups excluding carboxylic acids is 1. The average molecular weight is 617 g/mol. The highest BCUT2D eigenvalue weighted by atomic mass is 79.9. The summed E-state index contributed by atoms with van der Waals surface area (Å²) in [6.07, 6.45) is -39.0. The molecule has 0 aliphatic heterocycles. The van der Waals surface area contributed by atoms with E-state index in [1.807, 2.05) is 4.74 Å². The maximum atomic E-state index is 14.0. The first-order chi connectivity index (χ1) is 14.6. The van der Waals surface area contributed by atoms with Gasteiger partial charge < -0.3 is 4.74 Å². The van der Waals surface area contributed by atoms with Gasteiger partial charge in [0.05, 0.1) is 6.61 Å². The van der Waals surface area contributed by atoms with Gasteiger partial charge in [-0.2, -0.15) is 74.6 Å². The van der Waals surface area contributed by atoms with Gasteiger partial charge in [0, 0.05) is 5.33 Å². The van der Waals surface area contributed by atoms with Crippen LogP contribution in [0.3, 0.4) is 0 Å². The molecule has 0 aromatic heterocycles. The third-order valence-corrected chi connectivity index (χ3v) is 3.70. The van der Waals surface area contributed by atoms with Crippen molar-refractivity contribution in [2.24, 2.45) is 0 Å². The zero-order chi connectivity index (χ0) is 27.8. The first-order valence-corrected chi connectivity index (χ1v) is 8.61. The molecule has 0 aromatic carbocycles. The van der Waals surface area contributed by atoms with Gasteiger partial charge in [0.1, 0.15) is 0 Å². The molecule has 0 aliphatic rings. The third-order valence-electron chi connectivity index (χ3n) is 3.14. The van der Waals surface area contributed by atoms with E-state index in [0.29, 0.717) is 0 Å². The summed E-state index contributed by atoms with van der Waals surface area (Å²) in [5.74, 6) is -26.4. The molecule has 0 saturated heterocycles. The van der Waals surface area contributed by atoms with Crippen LogP contribution in [0.2, 0.25) is 0 Å². The van der Waals surface area contributed by atoms with Crippen LogP contribution in [0.5, 0.6) is 0 Å². The summed E-state index contributed by atoms with van der Waals surface area (Å²) in [6.45, 7) is -1.28. The van der Waals surface area contributed by atoms with Gasteiger partial charge in [-0.05, 0) is 6.42 Å². The number of alkyl halides is 18. The smallest absolute Gasteiger partial charge is 0.461 e. The molecule has 0 rings (SSSR count). The monoisotopic (exact) mass is 616 g/mol. The largest absolute Gasteiger partial charge is 0.462 e. The molecule has 0 N–H and O–H groups in total. The summed E-state index contributed by atoms with van der Waals surface area (Å²) >= 11 is 2.58. The molecule has 0 heterocycles. The second kappa shape index (κ2) is 9.62. The van der Waals surface area contributed by atoms with Crippen LogP contribution in [0.25, 0.3) is 0 Å². The Balaban J connectivity index is 6.61. The SMILES string of the molecule is O=C(OCCCBr)C(F)(OC(F)(F)C(F)(OC(F)(F)C(F)(F)C(F)(F)F)C(F)(F)F)C(F)(F)F. The van der Waals surface area contributed by atoms with Crippen LogP contribution in [0.4, 0.5) is 74.6 Å². The molecule has 0 radical (unpaired) electrons. The fourth-order valence-electron chi connectivity index (χ4n) is 1.46. The number of halogens is 18. The van der Waals surface area contributed by atoms with Crippen LogP contribution in [-0.2, 0) is 19.0 Å². The van der Waals surface area contributed by atoms with Crippen molar-refractivity contribution in [2.75, 3.05) is 11.9 Å². The molecular weight excluding hydrogens is 611 g/mol. The predicted molar refractivity (Wildman–Crippen MR) is 72.2 cm³/mol. The summed E-state index contributed by atoms with van der Waals surface area (Å²) in [5.41, 5.74) is 0. The summed E-state index contributed by atoms with van der Waals surface area (Å²) in [6, 6.07) is 0. The summed E-state index contributed by atoms with van der Waals surface area (Å²) in [7, 11) is 0. The van der Waals surface area contributed by atoms with Crippen molar-refractivity contribution in [3.8, 4) is 0 Å². The molecule has 2 atom stereocenters. The lowest BCUT2D eigenvalue weighted by Gasteiger charge is -2.39. The summed E-state index contributed by atoms with van der Waals surface area (Å²) in [5, 5.41) is -0.222. The first kappa shape index (κ1) is 32.7. The second-order valence-electron chi connectivity index (χ2n) is 5.67. The minimum Gasteiger partial charge on any atom is -0.461 e. The maximum Gasteiger partial charge on any atom is 0.462 e. The number of ether oxygens (including phenoxy) is 3. The van der Waals surface area contributed by atoms with Gasteiger partial charge >= 0.3 is 54.3 Å². The number of rotatable bonds is 10. The normalized spacial score (nSPS) is 18.3. The number of hydrogen-bond donors (Lipinski definition) is 0. The molecule has 204 valence electrons. The molecule has 4 nitrogen and oxygen atoms in total. The van der Waals surface area contributed by atoms with Gasteiger partial charge in [0.25, 0.3) is 0 Å². The van der Waals surface area contributed by atoms with E-state index in [-0.39, 0.29) is 5.33 Å². The minimum absolute atomic E-state index is 0.222. The number of esters is 1. The quantitative estimate of drug-likeness (QED) is 0.127. The fraction of sp³-hybridized carbons (Fsp3) is 0.917. The average Bonchev–Trinajstić information content (AvgIpc) is 2.57. The molecule has 34 heavy (non-hydrogen) atoms. The second-order valence-corrected chi connectivity index (χ2v) is 6.47. The fourth-order valence-corrected chi connectivity index (χ4v) is 1.69. The first-order valence-electron chi connectivity index (χ1n) is 7.49. The van der Waals surface area contributed by atoms with E-state index in [2.05, 4.69) is 20.7 Å². The third kappa shape index (κ3) is 6.08. The molecule has 0 saturated carbocycles. The van der Waals surface area contributed by atoms with E-state index in [1.54, 1.807) is 0 Å². The topological polar surface area (TPSA) is 44.8 Å². The molecule has 22 heteroatoms. The Morgan fingerprint density at radius 1 is 0.618 bits per heavy atom. The van der Waals surface area contributed by atoms with Gasteiger partial charge in [-0.3, -0.25) is 9.47 Å². The van der Waals surface area contributed by atoms with Crippen LogP contribution < -0.4 is 0 Å². The summed E-state index contributed by atoms with van der Waals surface area (Å²) in [4.78, 5) is 11.2. The Morgan fingerprint density at radius 2 is 1.06 bits per heavy atom. The van der Waals surface area contributed by atoms with Crippen LogP contribution in [0.15, 0.2) is 0 Å². The molecule has 0 aromatic rings. The molecule has 0 amide bonds. The Hall–Kier alpha value is -1.32. The zero-order valence-corrected chi connectivity index (χ0v) is 16.6. The van der Waals surface area contributed by atoms with Crippen molar-refractivity contribution >= 4 is 21.9 Å². The predicted octanol–water partition coefficient (Wildman–Crippen LogP) is 6.19. The number of carbonyl (C=O) groups is 1. The van der Waals surface area contributed by atoms with E-state index >= 15 is 0 Å². The Morgan fingerprint density at radius 3 is 1.38 bits per heavy atom. The van der Waals surface area contributed by atoms with E-state index in [4.69, 9.17) is 0 Å². The van der Waals surface area contributed by atoms with Crippen molar-refractivity contribution in [1.29, 1.82) is 0 Å². The lowest BCUT2D eigenvalue weighted by Crippen LogP contribution is -2.68. The molecule has 0 fully saturated rings. The molecule has 0 aliphatic carbocycles. The van der Waals surface area contributed by atoms with Crippen molar-refractivity contribution < 1.29 is 93.6 Å². The Bertz CT molecular complexity index is 717. The summed E-state index contributed by atoms with van der Waals surface area (Å²) < 4.78 is 226. The van der Waals surface area contributed by atoms with Crippen molar-refractivity contribution in [1.82, 2.24) is 0 Å². The lowest BCUT2D eigenvalue weighted by atomic mass is 10.2. The van der Waals surface area contributed by atoms with Crippen LogP contribution in [0.1, 0.15) is 6.42 Å². The van der Waals surface area contributed by atoms with Crippen LogP contribution in [-0.4, -0.2) is 66.3 Å². The minimum atomic E-state index is -8.04. The highest BCUT2D eigenvalue weighted by Gasteiger charge is 2.85. The zero-order valence-electron chi connectivity index (χ0n) is 15.1. The Labute approximate surface area is 183 Å². The van der Waals surface area contributed by atoms with Gasteiger partial charge in [0.2, 0.25) is 0 Å².